The summed E-state index contributed by atoms with van der Waals surface area (Å²) in [7, 11) is 0. The van der Waals surface area contributed by atoms with Crippen LogP contribution >= 0.6 is 0 Å². The van der Waals surface area contributed by atoms with Gasteiger partial charge < -0.3 is 24.1 Å². The van der Waals surface area contributed by atoms with Crippen molar-refractivity contribution < 1.29 is 38.4 Å². The Labute approximate surface area is 169 Å². The fraction of sp³-hybridized carbons (Fsp3) is 0.667. The smallest absolute Gasteiger partial charge is 0.334 e. The molecule has 0 aromatic heterocycles. The van der Waals surface area contributed by atoms with E-state index in [1.807, 2.05) is 0 Å². The number of hydrogen-bond acceptors (Lipinski definition) is 8. The first-order chi connectivity index (χ1) is 13.4. The van der Waals surface area contributed by atoms with Crippen LogP contribution in [0.3, 0.4) is 0 Å². The van der Waals surface area contributed by atoms with Crippen LogP contribution in [0.2, 0.25) is 0 Å². The van der Waals surface area contributed by atoms with Gasteiger partial charge in [0.2, 0.25) is 5.79 Å². The van der Waals surface area contributed by atoms with Gasteiger partial charge in [-0.3, -0.25) is 9.59 Å². The first-order valence-electron chi connectivity index (χ1n) is 9.75. The van der Waals surface area contributed by atoms with Crippen LogP contribution in [0.15, 0.2) is 23.8 Å². The van der Waals surface area contributed by atoms with Crippen molar-refractivity contribution in [3.8, 4) is 0 Å². The molecule has 2 fully saturated rings. The average Bonchev–Trinajstić information content (AvgIpc) is 3.00. The first-order valence-corrected chi connectivity index (χ1v) is 9.75. The second-order valence-corrected chi connectivity index (χ2v) is 8.66. The van der Waals surface area contributed by atoms with Crippen LogP contribution in [-0.2, 0) is 33.3 Å². The van der Waals surface area contributed by atoms with Crippen LogP contribution in [0.25, 0.3) is 0 Å². The number of aliphatic hydroxyl groups is 1. The number of hydrogen-bond donors (Lipinski definition) is 1. The second kappa shape index (κ2) is 7.25. The molecule has 3 heterocycles. The van der Waals surface area contributed by atoms with Gasteiger partial charge in [-0.15, -0.1) is 0 Å². The third-order valence-corrected chi connectivity index (χ3v) is 5.78. The van der Waals surface area contributed by atoms with Crippen LogP contribution in [0.4, 0.5) is 0 Å². The molecule has 3 aliphatic rings. The Bertz CT molecular complexity index is 784. The van der Waals surface area contributed by atoms with E-state index < -0.39 is 53.5 Å². The molecule has 0 saturated carbocycles. The Morgan fingerprint density at radius 2 is 1.97 bits per heavy atom. The second-order valence-electron chi connectivity index (χ2n) is 8.66. The minimum atomic E-state index is -1.88. The lowest BCUT2D eigenvalue weighted by molar-refractivity contribution is -0.232. The highest BCUT2D eigenvalue weighted by Gasteiger charge is 2.60. The van der Waals surface area contributed by atoms with Crippen molar-refractivity contribution in [3.05, 3.63) is 23.8 Å². The van der Waals surface area contributed by atoms with Gasteiger partial charge in [0.1, 0.15) is 12.2 Å². The largest absolute Gasteiger partial charge is 0.461 e. The van der Waals surface area contributed by atoms with E-state index >= 15 is 0 Å². The lowest BCUT2D eigenvalue weighted by atomic mass is 9.81. The quantitative estimate of drug-likeness (QED) is 0.326. The van der Waals surface area contributed by atoms with Crippen molar-refractivity contribution in [3.63, 3.8) is 0 Å². The number of carbonyl (C=O) groups excluding carboxylic acids is 3. The van der Waals surface area contributed by atoms with Gasteiger partial charge in [0.15, 0.2) is 6.10 Å². The number of rotatable bonds is 3. The molecule has 8 heteroatoms. The van der Waals surface area contributed by atoms with E-state index in [-0.39, 0.29) is 24.3 Å². The molecular formula is C21H28O8. The molecule has 0 amide bonds. The van der Waals surface area contributed by atoms with E-state index in [1.165, 1.54) is 6.92 Å². The summed E-state index contributed by atoms with van der Waals surface area (Å²) in [6.07, 6.45) is -0.564. The minimum Gasteiger partial charge on any atom is -0.461 e. The van der Waals surface area contributed by atoms with Gasteiger partial charge in [0.25, 0.3) is 0 Å². The molecular weight excluding hydrogens is 380 g/mol. The van der Waals surface area contributed by atoms with Crippen LogP contribution in [0.1, 0.15) is 47.5 Å². The van der Waals surface area contributed by atoms with Crippen LogP contribution in [0, 0.1) is 11.8 Å². The van der Waals surface area contributed by atoms with E-state index in [1.54, 1.807) is 33.8 Å². The molecule has 2 bridgehead atoms. The number of carbonyl (C=O) groups is 3. The van der Waals surface area contributed by atoms with E-state index in [0.717, 1.165) is 0 Å². The molecule has 0 spiro atoms. The van der Waals surface area contributed by atoms with Gasteiger partial charge in [-0.2, -0.15) is 0 Å². The zero-order valence-corrected chi connectivity index (χ0v) is 17.4. The molecule has 0 unspecified atom stereocenters. The Morgan fingerprint density at radius 3 is 2.55 bits per heavy atom. The lowest BCUT2D eigenvalue weighted by Gasteiger charge is -2.33. The molecule has 3 aliphatic heterocycles. The topological polar surface area (TPSA) is 108 Å². The van der Waals surface area contributed by atoms with Gasteiger partial charge >= 0.3 is 17.9 Å². The predicted molar refractivity (Wildman–Crippen MR) is 100 cm³/mol. The standard InChI is InChI=1S/C21H28O8/c1-10(2)18(23)28-15-8-20(6)9-16(26-13(5)22)21(25,29-20)11(3)7-14-17(15)12(4)19(24)27-14/h7,10,14-17,25H,4,8-9H2,1-3,5-6H3/b11-7-/t14-,15-,16+,17+,20-,21+/m1/s1. The van der Waals surface area contributed by atoms with E-state index in [2.05, 4.69) is 6.58 Å². The molecule has 1 N–H and O–H groups in total. The summed E-state index contributed by atoms with van der Waals surface area (Å²) in [5.74, 6) is -4.39. The number of ether oxygens (including phenoxy) is 4. The van der Waals surface area contributed by atoms with Gasteiger partial charge in [0, 0.05) is 25.3 Å². The molecule has 2 saturated heterocycles. The molecule has 6 atom stereocenters. The van der Waals surface area contributed by atoms with Crippen molar-refractivity contribution in [1.29, 1.82) is 0 Å². The first kappa shape index (κ1) is 21.5. The van der Waals surface area contributed by atoms with Crippen molar-refractivity contribution in [2.45, 2.75) is 77.2 Å². The molecule has 0 aromatic carbocycles. The Balaban J connectivity index is 2.07. The van der Waals surface area contributed by atoms with Crippen LogP contribution in [0.5, 0.6) is 0 Å². The molecule has 3 rings (SSSR count). The fourth-order valence-electron chi connectivity index (χ4n) is 4.29. The summed E-state index contributed by atoms with van der Waals surface area (Å²) in [6.45, 7) is 11.9. The highest BCUT2D eigenvalue weighted by atomic mass is 16.7. The van der Waals surface area contributed by atoms with Gasteiger partial charge in [-0.1, -0.05) is 20.4 Å². The van der Waals surface area contributed by atoms with Crippen LogP contribution < -0.4 is 0 Å². The summed E-state index contributed by atoms with van der Waals surface area (Å²) >= 11 is 0. The SMILES string of the molecule is C=C1C(=O)O[C@@H]2/C=C(/C)[C@]3(O)O[C@@](C)(C[C@@H]3OC(C)=O)C[C@@H](OC(=O)C(C)C)[C@@H]12. The molecule has 160 valence electrons. The minimum absolute atomic E-state index is 0.170. The maximum absolute atomic E-state index is 12.4. The summed E-state index contributed by atoms with van der Waals surface area (Å²) in [6, 6.07) is 0. The van der Waals surface area contributed by atoms with E-state index in [0.29, 0.717) is 5.57 Å². The van der Waals surface area contributed by atoms with Crippen molar-refractivity contribution in [2.75, 3.05) is 0 Å². The Kier molecular flexibility index (Phi) is 5.38. The maximum atomic E-state index is 12.4. The average molecular weight is 408 g/mol. The van der Waals surface area contributed by atoms with Gasteiger partial charge in [0.05, 0.1) is 17.4 Å². The zero-order chi connectivity index (χ0) is 21.7. The van der Waals surface area contributed by atoms with Crippen molar-refractivity contribution >= 4 is 17.9 Å². The molecule has 0 aromatic rings. The molecule has 29 heavy (non-hydrogen) atoms. The van der Waals surface area contributed by atoms with Crippen LogP contribution in [-0.4, -0.2) is 52.7 Å². The highest BCUT2D eigenvalue weighted by Crippen LogP contribution is 2.49. The summed E-state index contributed by atoms with van der Waals surface area (Å²) < 4.78 is 22.5. The molecule has 0 radical (unpaired) electrons. The van der Waals surface area contributed by atoms with E-state index in [4.69, 9.17) is 18.9 Å². The highest BCUT2D eigenvalue weighted by molar-refractivity contribution is 5.91. The fourth-order valence-corrected chi connectivity index (χ4v) is 4.29. The number of fused-ring (bicyclic) bond motifs is 3. The molecule has 0 aliphatic carbocycles. The summed E-state index contributed by atoms with van der Waals surface area (Å²) in [5.41, 5.74) is -0.418. The zero-order valence-electron chi connectivity index (χ0n) is 17.4. The van der Waals surface area contributed by atoms with Crippen molar-refractivity contribution in [1.82, 2.24) is 0 Å². The lowest BCUT2D eigenvalue weighted by Crippen LogP contribution is -2.43. The summed E-state index contributed by atoms with van der Waals surface area (Å²) in [4.78, 5) is 36.2. The third-order valence-electron chi connectivity index (χ3n) is 5.78. The van der Waals surface area contributed by atoms with Gasteiger partial charge in [-0.25, -0.2) is 4.79 Å². The predicted octanol–water partition coefficient (Wildman–Crippen LogP) is 1.80. The van der Waals surface area contributed by atoms with Gasteiger partial charge in [-0.05, 0) is 25.5 Å². The monoisotopic (exact) mass is 408 g/mol. The van der Waals surface area contributed by atoms with Crippen molar-refractivity contribution in [2.24, 2.45) is 11.8 Å². The van der Waals surface area contributed by atoms with E-state index in [9.17, 15) is 19.5 Å². The number of esters is 3. The maximum Gasteiger partial charge on any atom is 0.334 e. The third kappa shape index (κ3) is 3.83. The molecule has 8 nitrogen and oxygen atoms in total. The Morgan fingerprint density at radius 1 is 1.31 bits per heavy atom. The normalized spacial score (nSPS) is 40.9. The Hall–Kier alpha value is -2.19. The summed E-state index contributed by atoms with van der Waals surface area (Å²) in [5, 5.41) is 11.3.